The maximum atomic E-state index is 12.0. The van der Waals surface area contributed by atoms with E-state index < -0.39 is 0 Å². The summed E-state index contributed by atoms with van der Waals surface area (Å²) in [6.07, 6.45) is 3.37. The molecule has 0 aromatic carbocycles. The third-order valence-corrected chi connectivity index (χ3v) is 4.73. The number of aromatic nitrogens is 4. The Bertz CT molecular complexity index is 765. The Morgan fingerprint density at radius 3 is 2.67 bits per heavy atom. The maximum absolute atomic E-state index is 12.0. The minimum Gasteiger partial charge on any atom is -0.367 e. The van der Waals surface area contributed by atoms with Crippen LogP contribution in [0.3, 0.4) is 0 Å². The van der Waals surface area contributed by atoms with Crippen LogP contribution in [0.4, 0.5) is 5.82 Å². The van der Waals surface area contributed by atoms with Crippen LogP contribution in [0, 0.1) is 5.41 Å². The molecule has 0 saturated heterocycles. The zero-order valence-corrected chi connectivity index (χ0v) is 18.1. The van der Waals surface area contributed by atoms with E-state index >= 15 is 0 Å². The number of fused-ring (bicyclic) bond motifs is 1. The molecule has 0 aliphatic carbocycles. The van der Waals surface area contributed by atoms with Crippen LogP contribution in [0.2, 0.25) is 0 Å². The third-order valence-electron chi connectivity index (χ3n) is 3.67. The number of hydrogen-bond acceptors (Lipinski definition) is 6. The van der Waals surface area contributed by atoms with Crippen molar-refractivity contribution >= 4 is 34.5 Å². The van der Waals surface area contributed by atoms with Gasteiger partial charge in [-0.25, -0.2) is 14.6 Å². The van der Waals surface area contributed by atoms with Gasteiger partial charge in [0, 0.05) is 24.8 Å². The topological polar surface area (TPSA) is 84.7 Å². The van der Waals surface area contributed by atoms with Gasteiger partial charge >= 0.3 is 0 Å². The van der Waals surface area contributed by atoms with Gasteiger partial charge in [0.2, 0.25) is 5.91 Å². The highest BCUT2D eigenvalue weighted by Gasteiger charge is 2.16. The summed E-state index contributed by atoms with van der Waals surface area (Å²) in [5.74, 6) is 1.86. The number of nitrogens with zero attached hydrogens (tertiary/aromatic N) is 4. The van der Waals surface area contributed by atoms with Crippen LogP contribution < -0.4 is 10.6 Å². The van der Waals surface area contributed by atoms with E-state index in [4.69, 9.17) is 4.98 Å². The SMILES string of the molecule is CCCSc1nc(NC(C)C)c2cnn(CCNC(=O)CC(C)(C)C)c2n1. The molecular formula is C19H32N6OS. The van der Waals surface area contributed by atoms with Gasteiger partial charge < -0.3 is 10.6 Å². The second-order valence-electron chi connectivity index (χ2n) is 8.19. The summed E-state index contributed by atoms with van der Waals surface area (Å²) in [7, 11) is 0. The first-order valence-corrected chi connectivity index (χ1v) is 10.6. The van der Waals surface area contributed by atoms with E-state index in [1.807, 2.05) is 4.68 Å². The molecule has 0 atom stereocenters. The summed E-state index contributed by atoms with van der Waals surface area (Å²) in [4.78, 5) is 21.4. The molecular weight excluding hydrogens is 360 g/mol. The fourth-order valence-corrected chi connectivity index (χ4v) is 3.28. The Balaban J connectivity index is 2.15. The monoisotopic (exact) mass is 392 g/mol. The van der Waals surface area contributed by atoms with Crippen LogP contribution in [0.5, 0.6) is 0 Å². The second-order valence-corrected chi connectivity index (χ2v) is 9.26. The maximum Gasteiger partial charge on any atom is 0.220 e. The summed E-state index contributed by atoms with van der Waals surface area (Å²) in [6.45, 7) is 13.6. The molecule has 2 N–H and O–H groups in total. The number of hydrogen-bond donors (Lipinski definition) is 2. The van der Waals surface area contributed by atoms with E-state index in [0.29, 0.717) is 19.5 Å². The number of amides is 1. The summed E-state index contributed by atoms with van der Waals surface area (Å²) in [6, 6.07) is 0.271. The van der Waals surface area contributed by atoms with Crippen LogP contribution in [0.1, 0.15) is 54.4 Å². The predicted octanol–water partition coefficient (Wildman–Crippen LogP) is 3.70. The highest BCUT2D eigenvalue weighted by molar-refractivity contribution is 7.99. The van der Waals surface area contributed by atoms with Gasteiger partial charge in [-0.2, -0.15) is 5.10 Å². The van der Waals surface area contributed by atoms with Gasteiger partial charge in [0.15, 0.2) is 10.8 Å². The van der Waals surface area contributed by atoms with E-state index in [1.165, 1.54) is 0 Å². The minimum absolute atomic E-state index is 0.0154. The molecule has 0 radical (unpaired) electrons. The summed E-state index contributed by atoms with van der Waals surface area (Å²) in [5.41, 5.74) is 0.787. The molecule has 2 rings (SSSR count). The number of carbonyl (C=O) groups is 1. The van der Waals surface area contributed by atoms with Gasteiger partial charge in [0.25, 0.3) is 0 Å². The zero-order chi connectivity index (χ0) is 20.0. The smallest absolute Gasteiger partial charge is 0.220 e. The van der Waals surface area contributed by atoms with Crippen LogP contribution >= 0.6 is 11.8 Å². The van der Waals surface area contributed by atoms with Gasteiger partial charge in [-0.1, -0.05) is 39.5 Å². The fourth-order valence-electron chi connectivity index (χ4n) is 2.59. The largest absolute Gasteiger partial charge is 0.367 e. The average Bonchev–Trinajstić information content (AvgIpc) is 2.94. The van der Waals surface area contributed by atoms with Gasteiger partial charge in [0.1, 0.15) is 5.82 Å². The molecule has 150 valence electrons. The van der Waals surface area contributed by atoms with Crippen LogP contribution in [-0.4, -0.2) is 44.0 Å². The molecule has 0 saturated carbocycles. The zero-order valence-electron chi connectivity index (χ0n) is 17.3. The van der Waals surface area contributed by atoms with E-state index in [-0.39, 0.29) is 17.4 Å². The summed E-state index contributed by atoms with van der Waals surface area (Å²) < 4.78 is 1.84. The van der Waals surface area contributed by atoms with Crippen LogP contribution in [0.15, 0.2) is 11.4 Å². The van der Waals surface area contributed by atoms with Crippen molar-refractivity contribution in [1.29, 1.82) is 0 Å². The van der Waals surface area contributed by atoms with Crippen molar-refractivity contribution in [2.45, 2.75) is 72.1 Å². The first-order valence-electron chi connectivity index (χ1n) is 9.59. The first kappa shape index (κ1) is 21.5. The number of thioether (sulfide) groups is 1. The molecule has 2 aromatic heterocycles. The number of nitrogens with one attached hydrogen (secondary N) is 2. The van der Waals surface area contributed by atoms with Gasteiger partial charge in [-0.3, -0.25) is 4.79 Å². The Morgan fingerprint density at radius 1 is 1.30 bits per heavy atom. The predicted molar refractivity (Wildman–Crippen MR) is 112 cm³/mol. The van der Waals surface area contributed by atoms with E-state index in [0.717, 1.165) is 34.2 Å². The van der Waals surface area contributed by atoms with E-state index in [1.54, 1.807) is 18.0 Å². The molecule has 0 aliphatic heterocycles. The summed E-state index contributed by atoms with van der Waals surface area (Å²) in [5, 5.41) is 12.5. The molecule has 0 bridgehead atoms. The van der Waals surface area contributed by atoms with Crippen molar-refractivity contribution in [2.75, 3.05) is 17.6 Å². The second kappa shape index (κ2) is 9.39. The Morgan fingerprint density at radius 2 is 2.04 bits per heavy atom. The fraction of sp³-hybridized carbons (Fsp3) is 0.684. The Labute approximate surface area is 166 Å². The molecule has 0 fully saturated rings. The van der Waals surface area contributed by atoms with Crippen molar-refractivity contribution in [2.24, 2.45) is 5.41 Å². The number of carbonyl (C=O) groups excluding carboxylic acids is 1. The van der Waals surface area contributed by atoms with Crippen molar-refractivity contribution in [3.63, 3.8) is 0 Å². The molecule has 1 amide bonds. The van der Waals surface area contributed by atoms with E-state index in [9.17, 15) is 4.79 Å². The van der Waals surface area contributed by atoms with Gasteiger partial charge in [-0.15, -0.1) is 0 Å². The lowest BCUT2D eigenvalue weighted by atomic mass is 9.92. The lowest BCUT2D eigenvalue weighted by Crippen LogP contribution is -2.30. The van der Waals surface area contributed by atoms with Gasteiger partial charge in [0.05, 0.1) is 18.1 Å². The molecule has 8 heteroatoms. The van der Waals surface area contributed by atoms with Crippen molar-refractivity contribution < 1.29 is 4.79 Å². The van der Waals surface area contributed by atoms with Crippen LogP contribution in [-0.2, 0) is 11.3 Å². The highest BCUT2D eigenvalue weighted by atomic mass is 32.2. The molecule has 0 spiro atoms. The minimum atomic E-state index is -0.0154. The lowest BCUT2D eigenvalue weighted by molar-refractivity contribution is -0.122. The molecule has 0 unspecified atom stereocenters. The lowest BCUT2D eigenvalue weighted by Gasteiger charge is -2.17. The molecule has 2 heterocycles. The Kier molecular flexibility index (Phi) is 7.47. The average molecular weight is 393 g/mol. The number of rotatable bonds is 9. The Hall–Kier alpha value is -1.83. The molecule has 2 aromatic rings. The van der Waals surface area contributed by atoms with Crippen molar-refractivity contribution in [3.05, 3.63) is 6.20 Å². The van der Waals surface area contributed by atoms with Crippen molar-refractivity contribution in [1.82, 2.24) is 25.1 Å². The summed E-state index contributed by atoms with van der Waals surface area (Å²) >= 11 is 1.65. The third kappa shape index (κ3) is 6.68. The first-order chi connectivity index (χ1) is 12.7. The van der Waals surface area contributed by atoms with Crippen molar-refractivity contribution in [3.8, 4) is 0 Å². The number of anilines is 1. The molecule has 7 nitrogen and oxygen atoms in total. The van der Waals surface area contributed by atoms with E-state index in [2.05, 4.69) is 62.3 Å². The quantitative estimate of drug-likeness (QED) is 0.500. The molecule has 0 aliphatic rings. The normalized spacial score (nSPS) is 12.0. The highest BCUT2D eigenvalue weighted by Crippen LogP contribution is 2.25. The molecule has 27 heavy (non-hydrogen) atoms. The van der Waals surface area contributed by atoms with Gasteiger partial charge in [-0.05, 0) is 25.7 Å². The standard InChI is InChI=1S/C19H32N6OS/c1-7-10-27-18-23-16(22-13(2)3)14-12-21-25(17(14)24-18)9-8-20-15(26)11-19(4,5)6/h12-13H,7-11H2,1-6H3,(H,20,26)(H,22,23,24). The van der Waals surface area contributed by atoms with Crippen LogP contribution in [0.25, 0.3) is 11.0 Å².